The lowest BCUT2D eigenvalue weighted by Crippen LogP contribution is -2.36. The lowest BCUT2D eigenvalue weighted by atomic mass is 10.2. The average Bonchev–Trinajstić information content (AvgIpc) is 2.60. The largest absolute Gasteiger partial charge is 0.374 e. The van der Waals surface area contributed by atoms with Crippen molar-refractivity contribution in [2.75, 3.05) is 19.0 Å². The van der Waals surface area contributed by atoms with Crippen LogP contribution in [0.3, 0.4) is 0 Å². The lowest BCUT2D eigenvalue weighted by molar-refractivity contribution is 0.0735. The summed E-state index contributed by atoms with van der Waals surface area (Å²) >= 11 is 0. The van der Waals surface area contributed by atoms with E-state index in [0.29, 0.717) is 19.6 Å². The van der Waals surface area contributed by atoms with Gasteiger partial charge in [0.25, 0.3) is 0 Å². The van der Waals surface area contributed by atoms with Gasteiger partial charge in [0.1, 0.15) is 11.4 Å². The van der Waals surface area contributed by atoms with Crippen LogP contribution in [0.25, 0.3) is 0 Å². The van der Waals surface area contributed by atoms with Crippen LogP contribution in [-0.2, 0) is 19.3 Å². The Morgan fingerprint density at radius 1 is 1.36 bits per heavy atom. The summed E-state index contributed by atoms with van der Waals surface area (Å²) in [5, 5.41) is -0.421. The van der Waals surface area contributed by atoms with E-state index in [4.69, 9.17) is 9.47 Å². The van der Waals surface area contributed by atoms with E-state index in [2.05, 4.69) is 0 Å². The third-order valence-corrected chi connectivity index (χ3v) is 5.17. The molecule has 82 valence electrons. The van der Waals surface area contributed by atoms with Crippen LogP contribution < -0.4 is 0 Å². The van der Waals surface area contributed by atoms with Crippen LogP contribution in [0, 0.1) is 0 Å². The molecule has 0 spiro atoms. The Kier molecular flexibility index (Phi) is 2.81. The summed E-state index contributed by atoms with van der Waals surface area (Å²) in [6.45, 7) is 2.82. The molecule has 2 rings (SSSR count). The first-order chi connectivity index (χ1) is 6.65. The smallest absolute Gasteiger partial charge is 0.158 e. The van der Waals surface area contributed by atoms with Crippen LogP contribution in [0.1, 0.15) is 19.8 Å². The maximum absolute atomic E-state index is 11.8. The summed E-state index contributed by atoms with van der Waals surface area (Å²) in [7, 11) is -3.01. The van der Waals surface area contributed by atoms with Crippen LogP contribution in [0.4, 0.5) is 0 Å². The van der Waals surface area contributed by atoms with Gasteiger partial charge in [0.2, 0.25) is 0 Å². The fourth-order valence-corrected chi connectivity index (χ4v) is 3.99. The fourth-order valence-electron chi connectivity index (χ4n) is 2.17. The van der Waals surface area contributed by atoms with E-state index >= 15 is 0 Å². The van der Waals surface area contributed by atoms with E-state index in [-0.39, 0.29) is 18.0 Å². The molecule has 0 N–H and O–H groups in total. The minimum absolute atomic E-state index is 0.0200. The second-order valence-corrected chi connectivity index (χ2v) is 6.24. The van der Waals surface area contributed by atoms with Gasteiger partial charge in [-0.1, -0.05) is 6.92 Å². The van der Waals surface area contributed by atoms with Gasteiger partial charge in [0.15, 0.2) is 9.84 Å². The molecule has 2 saturated heterocycles. The van der Waals surface area contributed by atoms with Gasteiger partial charge in [0.05, 0.1) is 18.5 Å². The molecule has 2 aliphatic heterocycles. The third-order valence-electron chi connectivity index (χ3n) is 2.87. The molecule has 0 amide bonds. The van der Waals surface area contributed by atoms with Crippen molar-refractivity contribution in [3.8, 4) is 0 Å². The molecule has 14 heavy (non-hydrogen) atoms. The third kappa shape index (κ3) is 1.68. The number of hydrogen-bond acceptors (Lipinski definition) is 4. The van der Waals surface area contributed by atoms with Crippen molar-refractivity contribution in [3.63, 3.8) is 0 Å². The van der Waals surface area contributed by atoms with Gasteiger partial charge in [-0.25, -0.2) is 8.42 Å². The molecule has 0 radical (unpaired) electrons. The van der Waals surface area contributed by atoms with Crippen molar-refractivity contribution in [3.05, 3.63) is 0 Å². The maximum atomic E-state index is 11.8. The molecule has 4 nitrogen and oxygen atoms in total. The number of sulfone groups is 1. The SMILES string of the molecule is CCCS(=O)(=O)C1COC2CCOC21. The molecule has 5 heteroatoms. The predicted octanol–water partition coefficient (Wildman–Crippen LogP) is 0.367. The Morgan fingerprint density at radius 2 is 2.14 bits per heavy atom. The predicted molar refractivity (Wildman–Crippen MR) is 52.0 cm³/mol. The van der Waals surface area contributed by atoms with Crippen LogP contribution >= 0.6 is 0 Å². The topological polar surface area (TPSA) is 52.6 Å². The van der Waals surface area contributed by atoms with Gasteiger partial charge >= 0.3 is 0 Å². The molecular weight excluding hydrogens is 204 g/mol. The van der Waals surface area contributed by atoms with Gasteiger partial charge in [-0.05, 0) is 12.8 Å². The van der Waals surface area contributed by atoms with Crippen molar-refractivity contribution in [2.24, 2.45) is 0 Å². The second kappa shape index (κ2) is 3.79. The lowest BCUT2D eigenvalue weighted by Gasteiger charge is -2.15. The van der Waals surface area contributed by atoms with E-state index < -0.39 is 15.1 Å². The van der Waals surface area contributed by atoms with Crippen LogP contribution in [0.5, 0.6) is 0 Å². The van der Waals surface area contributed by atoms with Crippen molar-refractivity contribution >= 4 is 9.84 Å². The fraction of sp³-hybridized carbons (Fsp3) is 1.00. The summed E-state index contributed by atoms with van der Waals surface area (Å²) in [5.41, 5.74) is 0. The van der Waals surface area contributed by atoms with Crippen molar-refractivity contribution in [2.45, 2.75) is 37.2 Å². The summed E-state index contributed by atoms with van der Waals surface area (Å²) in [6.07, 6.45) is 1.32. The number of ether oxygens (including phenoxy) is 2. The molecule has 2 aliphatic rings. The van der Waals surface area contributed by atoms with Gasteiger partial charge in [-0.2, -0.15) is 0 Å². The van der Waals surface area contributed by atoms with Crippen molar-refractivity contribution in [1.82, 2.24) is 0 Å². The molecule has 2 heterocycles. The average molecular weight is 220 g/mol. The minimum atomic E-state index is -3.01. The zero-order valence-corrected chi connectivity index (χ0v) is 9.13. The standard InChI is InChI=1S/C9H16O4S/c1-2-5-14(10,11)8-6-13-7-3-4-12-9(7)8/h7-9H,2-6H2,1H3. The first-order valence-corrected chi connectivity index (χ1v) is 6.81. The van der Waals surface area contributed by atoms with E-state index in [0.717, 1.165) is 6.42 Å². The first-order valence-electron chi connectivity index (χ1n) is 5.10. The normalized spacial score (nSPS) is 37.4. The molecule has 0 aromatic heterocycles. The molecule has 0 aromatic carbocycles. The zero-order valence-electron chi connectivity index (χ0n) is 8.31. The highest BCUT2D eigenvalue weighted by molar-refractivity contribution is 7.92. The second-order valence-electron chi connectivity index (χ2n) is 3.90. The zero-order chi connectivity index (χ0) is 10.2. The maximum Gasteiger partial charge on any atom is 0.158 e. The summed E-state index contributed by atoms with van der Waals surface area (Å²) in [6, 6.07) is 0. The number of rotatable bonds is 3. The monoisotopic (exact) mass is 220 g/mol. The highest BCUT2D eigenvalue weighted by Crippen LogP contribution is 2.30. The summed E-state index contributed by atoms with van der Waals surface area (Å²) < 4.78 is 34.5. The molecule has 0 aromatic rings. The molecule has 0 aliphatic carbocycles. The Balaban J connectivity index is 2.12. The number of fused-ring (bicyclic) bond motifs is 1. The van der Waals surface area contributed by atoms with Crippen molar-refractivity contribution in [1.29, 1.82) is 0 Å². The minimum Gasteiger partial charge on any atom is -0.374 e. The van der Waals surface area contributed by atoms with Gasteiger partial charge in [-0.3, -0.25) is 0 Å². The van der Waals surface area contributed by atoms with Gasteiger partial charge in [0, 0.05) is 6.61 Å². The highest BCUT2D eigenvalue weighted by Gasteiger charge is 2.47. The molecule has 0 bridgehead atoms. The van der Waals surface area contributed by atoms with Gasteiger partial charge < -0.3 is 9.47 Å². The molecule has 3 unspecified atom stereocenters. The molecule has 2 fully saturated rings. The first kappa shape index (κ1) is 10.4. The van der Waals surface area contributed by atoms with E-state index in [1.54, 1.807) is 0 Å². The van der Waals surface area contributed by atoms with E-state index in [9.17, 15) is 8.42 Å². The molecular formula is C9H16O4S. The summed E-state index contributed by atoms with van der Waals surface area (Å²) in [5.74, 6) is 0.244. The van der Waals surface area contributed by atoms with Crippen LogP contribution in [-0.4, -0.2) is 44.8 Å². The van der Waals surface area contributed by atoms with E-state index in [1.807, 2.05) is 6.92 Å². The summed E-state index contributed by atoms with van der Waals surface area (Å²) in [4.78, 5) is 0. The van der Waals surface area contributed by atoms with Gasteiger partial charge in [-0.15, -0.1) is 0 Å². The quantitative estimate of drug-likeness (QED) is 0.689. The van der Waals surface area contributed by atoms with E-state index in [1.165, 1.54) is 0 Å². The Morgan fingerprint density at radius 3 is 2.86 bits per heavy atom. The number of hydrogen-bond donors (Lipinski definition) is 0. The Bertz CT molecular complexity index is 298. The van der Waals surface area contributed by atoms with Crippen LogP contribution in [0.15, 0.2) is 0 Å². The molecule has 0 saturated carbocycles. The molecule has 3 atom stereocenters. The Labute approximate surface area is 84.5 Å². The highest BCUT2D eigenvalue weighted by atomic mass is 32.2. The van der Waals surface area contributed by atoms with Crippen molar-refractivity contribution < 1.29 is 17.9 Å². The van der Waals surface area contributed by atoms with Crippen LogP contribution in [0.2, 0.25) is 0 Å². The Hall–Kier alpha value is -0.130.